The summed E-state index contributed by atoms with van der Waals surface area (Å²) in [5.74, 6) is 0.713. The van der Waals surface area contributed by atoms with Crippen LogP contribution in [0.4, 0.5) is 10.2 Å². The number of ether oxygens (including phenoxy) is 1. The standard InChI is InChI=1S/C20H23ClFN3O/c1-13-11-23-8-9-25(13)19-7-3-14-2-6-18(20(14)24-19)26-12-15-10-16(22)4-5-17(15)21/h3-5,7,10,13,18,23H,2,6,8-9,11-12H2,1H3/t13-,18+/m1/s1. The fourth-order valence-electron chi connectivity index (χ4n) is 3.75. The van der Waals surface area contributed by atoms with Crippen LogP contribution >= 0.6 is 11.6 Å². The van der Waals surface area contributed by atoms with Gasteiger partial charge in [0.15, 0.2) is 0 Å². The number of halogens is 2. The molecule has 1 aromatic carbocycles. The van der Waals surface area contributed by atoms with Gasteiger partial charge in [-0.15, -0.1) is 0 Å². The van der Waals surface area contributed by atoms with E-state index in [1.807, 2.05) is 0 Å². The second-order valence-corrected chi connectivity index (χ2v) is 7.44. The molecule has 0 saturated carbocycles. The van der Waals surface area contributed by atoms with Crippen molar-refractivity contribution < 1.29 is 9.13 Å². The van der Waals surface area contributed by atoms with Crippen molar-refractivity contribution in [1.29, 1.82) is 0 Å². The van der Waals surface area contributed by atoms with Crippen LogP contribution in [0.2, 0.25) is 5.02 Å². The predicted octanol–water partition coefficient (Wildman–Crippen LogP) is 3.88. The Hall–Kier alpha value is -1.69. The maximum absolute atomic E-state index is 13.4. The first-order chi connectivity index (χ1) is 12.6. The van der Waals surface area contributed by atoms with Crippen molar-refractivity contribution in [2.75, 3.05) is 24.5 Å². The van der Waals surface area contributed by atoms with Crippen LogP contribution in [0, 0.1) is 5.82 Å². The van der Waals surface area contributed by atoms with Gasteiger partial charge in [0.2, 0.25) is 0 Å². The van der Waals surface area contributed by atoms with Crippen LogP contribution in [0.5, 0.6) is 0 Å². The summed E-state index contributed by atoms with van der Waals surface area (Å²) in [6.45, 7) is 5.40. The molecule has 1 aliphatic carbocycles. The number of benzene rings is 1. The summed E-state index contributed by atoms with van der Waals surface area (Å²) in [5.41, 5.74) is 2.93. The smallest absolute Gasteiger partial charge is 0.129 e. The number of rotatable bonds is 4. The molecule has 1 aliphatic heterocycles. The molecule has 0 amide bonds. The van der Waals surface area contributed by atoms with Gasteiger partial charge in [0.05, 0.1) is 12.3 Å². The first-order valence-corrected chi connectivity index (χ1v) is 9.52. The predicted molar refractivity (Wildman–Crippen MR) is 101 cm³/mol. The molecule has 1 N–H and O–H groups in total. The van der Waals surface area contributed by atoms with E-state index in [0.29, 0.717) is 16.6 Å². The van der Waals surface area contributed by atoms with Gasteiger partial charge in [-0.1, -0.05) is 17.7 Å². The summed E-state index contributed by atoms with van der Waals surface area (Å²) in [4.78, 5) is 7.27. The maximum atomic E-state index is 13.4. The third-order valence-corrected chi connectivity index (χ3v) is 5.59. The van der Waals surface area contributed by atoms with Gasteiger partial charge in [-0.05, 0) is 55.2 Å². The molecule has 1 fully saturated rings. The molecule has 0 bridgehead atoms. The number of aryl methyl sites for hydroxylation is 1. The molecule has 2 atom stereocenters. The van der Waals surface area contributed by atoms with Gasteiger partial charge in [0, 0.05) is 30.7 Å². The molecule has 26 heavy (non-hydrogen) atoms. The lowest BCUT2D eigenvalue weighted by Gasteiger charge is -2.35. The summed E-state index contributed by atoms with van der Waals surface area (Å²) in [5, 5.41) is 3.94. The molecule has 2 aromatic rings. The molecule has 0 radical (unpaired) electrons. The first-order valence-electron chi connectivity index (χ1n) is 9.14. The molecule has 4 rings (SSSR count). The average molecular weight is 376 g/mol. The minimum atomic E-state index is -0.298. The molecule has 1 aromatic heterocycles. The van der Waals surface area contributed by atoms with Crippen LogP contribution in [0.25, 0.3) is 0 Å². The molecule has 0 unspecified atom stereocenters. The zero-order valence-corrected chi connectivity index (χ0v) is 15.6. The van der Waals surface area contributed by atoms with Gasteiger partial charge in [0.1, 0.15) is 17.7 Å². The van der Waals surface area contributed by atoms with E-state index in [1.54, 1.807) is 6.07 Å². The van der Waals surface area contributed by atoms with E-state index in [9.17, 15) is 4.39 Å². The lowest BCUT2D eigenvalue weighted by molar-refractivity contribution is 0.0385. The number of piperazine rings is 1. The number of pyridine rings is 1. The van der Waals surface area contributed by atoms with E-state index < -0.39 is 0 Å². The van der Waals surface area contributed by atoms with Crippen molar-refractivity contribution in [3.05, 3.63) is 58.0 Å². The Bertz CT molecular complexity index is 801. The van der Waals surface area contributed by atoms with E-state index in [-0.39, 0.29) is 18.5 Å². The lowest BCUT2D eigenvalue weighted by Crippen LogP contribution is -2.50. The van der Waals surface area contributed by atoms with Crippen molar-refractivity contribution in [2.45, 2.75) is 38.5 Å². The zero-order chi connectivity index (χ0) is 18.1. The van der Waals surface area contributed by atoms with Crippen LogP contribution in [0.15, 0.2) is 30.3 Å². The quantitative estimate of drug-likeness (QED) is 0.880. The number of hydrogen-bond acceptors (Lipinski definition) is 4. The van der Waals surface area contributed by atoms with Crippen LogP contribution in [0.3, 0.4) is 0 Å². The summed E-state index contributed by atoms with van der Waals surface area (Å²) >= 11 is 6.15. The highest BCUT2D eigenvalue weighted by molar-refractivity contribution is 6.31. The monoisotopic (exact) mass is 375 g/mol. The fraction of sp³-hybridized carbons (Fsp3) is 0.450. The Morgan fingerprint density at radius 1 is 1.35 bits per heavy atom. The van der Waals surface area contributed by atoms with E-state index >= 15 is 0 Å². The van der Waals surface area contributed by atoms with Crippen LogP contribution < -0.4 is 10.2 Å². The number of fused-ring (bicyclic) bond motifs is 1. The Balaban J connectivity index is 1.51. The molecule has 138 valence electrons. The molecule has 0 spiro atoms. The Kier molecular flexibility index (Phi) is 5.11. The van der Waals surface area contributed by atoms with Crippen LogP contribution in [-0.2, 0) is 17.8 Å². The average Bonchev–Trinajstić information content (AvgIpc) is 3.05. The van der Waals surface area contributed by atoms with Gasteiger partial charge in [-0.3, -0.25) is 0 Å². The molecule has 2 heterocycles. The Morgan fingerprint density at radius 3 is 3.08 bits per heavy atom. The molecule has 6 heteroatoms. The van der Waals surface area contributed by atoms with Crippen molar-refractivity contribution in [3.8, 4) is 0 Å². The molecular formula is C20H23ClFN3O. The lowest BCUT2D eigenvalue weighted by atomic mass is 10.2. The largest absolute Gasteiger partial charge is 0.367 e. The Labute approximate surface area is 158 Å². The zero-order valence-electron chi connectivity index (χ0n) is 14.8. The summed E-state index contributed by atoms with van der Waals surface area (Å²) in [6.07, 6.45) is 1.79. The second kappa shape index (κ2) is 7.51. The maximum Gasteiger partial charge on any atom is 0.129 e. The number of anilines is 1. The van der Waals surface area contributed by atoms with E-state index in [2.05, 4.69) is 29.3 Å². The normalized spacial score (nSPS) is 22.5. The molecule has 2 aliphatic rings. The number of nitrogens with one attached hydrogen (secondary N) is 1. The minimum Gasteiger partial charge on any atom is -0.367 e. The highest BCUT2D eigenvalue weighted by Crippen LogP contribution is 2.35. The number of hydrogen-bond donors (Lipinski definition) is 1. The Morgan fingerprint density at radius 2 is 2.23 bits per heavy atom. The fourth-order valence-corrected chi connectivity index (χ4v) is 3.93. The number of nitrogens with zero attached hydrogens (tertiary/aromatic N) is 2. The second-order valence-electron chi connectivity index (χ2n) is 7.03. The number of aromatic nitrogens is 1. The van der Waals surface area contributed by atoms with Gasteiger partial charge >= 0.3 is 0 Å². The van der Waals surface area contributed by atoms with Crippen molar-refractivity contribution in [2.24, 2.45) is 0 Å². The third kappa shape index (κ3) is 3.56. The molecule has 1 saturated heterocycles. The summed E-state index contributed by atoms with van der Waals surface area (Å²) < 4.78 is 19.5. The highest BCUT2D eigenvalue weighted by Gasteiger charge is 2.27. The topological polar surface area (TPSA) is 37.4 Å². The van der Waals surface area contributed by atoms with Gasteiger partial charge < -0.3 is 15.0 Å². The van der Waals surface area contributed by atoms with Gasteiger partial charge in [-0.2, -0.15) is 0 Å². The third-order valence-electron chi connectivity index (χ3n) is 5.22. The SMILES string of the molecule is C[C@@H]1CNCCN1c1ccc2c(n1)[C@@H](OCc1cc(F)ccc1Cl)CC2. The first kappa shape index (κ1) is 17.7. The van der Waals surface area contributed by atoms with Crippen molar-refractivity contribution >= 4 is 17.4 Å². The minimum absolute atomic E-state index is 0.0671. The summed E-state index contributed by atoms with van der Waals surface area (Å²) in [7, 11) is 0. The van der Waals surface area contributed by atoms with Crippen LogP contribution in [-0.4, -0.2) is 30.7 Å². The summed E-state index contributed by atoms with van der Waals surface area (Å²) in [6, 6.07) is 9.07. The van der Waals surface area contributed by atoms with Crippen molar-refractivity contribution in [3.63, 3.8) is 0 Å². The van der Waals surface area contributed by atoms with Crippen molar-refractivity contribution in [1.82, 2.24) is 10.3 Å². The molecular weight excluding hydrogens is 353 g/mol. The van der Waals surface area contributed by atoms with Gasteiger partial charge in [0.25, 0.3) is 0 Å². The van der Waals surface area contributed by atoms with E-state index in [0.717, 1.165) is 44.0 Å². The molecule has 4 nitrogen and oxygen atoms in total. The van der Waals surface area contributed by atoms with Gasteiger partial charge in [-0.25, -0.2) is 9.37 Å². The highest BCUT2D eigenvalue weighted by atomic mass is 35.5. The van der Waals surface area contributed by atoms with Crippen LogP contribution in [0.1, 0.15) is 36.3 Å². The van der Waals surface area contributed by atoms with E-state index in [4.69, 9.17) is 21.3 Å². The van der Waals surface area contributed by atoms with E-state index in [1.165, 1.54) is 17.7 Å².